The molecule has 5 nitrogen and oxygen atoms in total. The number of H-pyrrole nitrogens is 1. The average Bonchev–Trinajstić information content (AvgIpc) is 3.14. The second kappa shape index (κ2) is 6.45. The van der Waals surface area contributed by atoms with Gasteiger partial charge in [0, 0.05) is 35.6 Å². The molecule has 4 rings (SSSR count). The molecule has 0 bridgehead atoms. The van der Waals surface area contributed by atoms with Crippen molar-refractivity contribution in [3.05, 3.63) is 64.7 Å². The van der Waals surface area contributed by atoms with Crippen molar-refractivity contribution >= 4 is 15.9 Å². The normalized spacial score (nSPS) is 16.9. The lowest BCUT2D eigenvalue weighted by molar-refractivity contribution is 0.0606. The zero-order valence-corrected chi connectivity index (χ0v) is 14.7. The molecule has 0 atom stereocenters. The van der Waals surface area contributed by atoms with Crippen molar-refractivity contribution in [2.24, 2.45) is 0 Å². The zero-order chi connectivity index (χ0) is 16.4. The van der Waals surface area contributed by atoms with E-state index < -0.39 is 0 Å². The van der Waals surface area contributed by atoms with Crippen molar-refractivity contribution in [1.82, 2.24) is 20.2 Å². The van der Waals surface area contributed by atoms with Crippen LogP contribution in [-0.4, -0.2) is 33.4 Å². The van der Waals surface area contributed by atoms with E-state index in [1.807, 2.05) is 12.1 Å². The molecule has 0 amide bonds. The molecular weight excluding hydrogens is 368 g/mol. The van der Waals surface area contributed by atoms with Crippen molar-refractivity contribution in [1.29, 1.82) is 0 Å². The first-order valence-corrected chi connectivity index (χ1v) is 8.75. The van der Waals surface area contributed by atoms with Crippen molar-refractivity contribution in [2.45, 2.75) is 18.3 Å². The maximum Gasteiger partial charge on any atom is 0.162 e. The highest BCUT2D eigenvalue weighted by molar-refractivity contribution is 9.10. The highest BCUT2D eigenvalue weighted by atomic mass is 79.9. The van der Waals surface area contributed by atoms with Crippen molar-refractivity contribution < 1.29 is 4.74 Å². The second-order valence-electron chi connectivity index (χ2n) is 5.97. The summed E-state index contributed by atoms with van der Waals surface area (Å²) >= 11 is 3.51. The highest BCUT2D eigenvalue weighted by Crippen LogP contribution is 2.40. The minimum absolute atomic E-state index is 0.188. The maximum absolute atomic E-state index is 5.60. The number of benzene rings is 1. The Kier molecular flexibility index (Phi) is 4.16. The number of nitrogens with zero attached hydrogens (tertiary/aromatic N) is 3. The second-order valence-corrected chi connectivity index (χ2v) is 6.88. The Morgan fingerprint density at radius 2 is 1.83 bits per heavy atom. The van der Waals surface area contributed by atoms with Crippen LogP contribution in [-0.2, 0) is 10.2 Å². The predicted molar refractivity (Wildman–Crippen MR) is 94.6 cm³/mol. The van der Waals surface area contributed by atoms with Gasteiger partial charge in [-0.25, -0.2) is 0 Å². The molecular formula is C18H17BrN4O. The number of rotatable bonds is 3. The van der Waals surface area contributed by atoms with Gasteiger partial charge in [-0.15, -0.1) is 10.2 Å². The van der Waals surface area contributed by atoms with Crippen LogP contribution in [0.1, 0.15) is 24.2 Å². The van der Waals surface area contributed by atoms with Gasteiger partial charge in [-0.05, 0) is 42.7 Å². The largest absolute Gasteiger partial charge is 0.381 e. The summed E-state index contributed by atoms with van der Waals surface area (Å²) in [5.74, 6) is 1.65. The Bertz CT molecular complexity index is 811. The van der Waals surface area contributed by atoms with E-state index in [1.165, 1.54) is 5.56 Å². The van der Waals surface area contributed by atoms with Crippen LogP contribution in [0, 0.1) is 0 Å². The fraction of sp³-hybridized carbons (Fsp3) is 0.278. The molecule has 0 spiro atoms. The van der Waals surface area contributed by atoms with Gasteiger partial charge in [0.1, 0.15) is 5.82 Å². The lowest BCUT2D eigenvalue weighted by Crippen LogP contribution is -2.36. The van der Waals surface area contributed by atoms with Gasteiger partial charge in [-0.3, -0.25) is 4.98 Å². The molecule has 1 aliphatic rings. The van der Waals surface area contributed by atoms with Gasteiger partial charge in [0.25, 0.3) is 0 Å². The van der Waals surface area contributed by atoms with Crippen molar-refractivity contribution in [2.75, 3.05) is 13.2 Å². The number of nitrogens with one attached hydrogen (secondary N) is 1. The van der Waals surface area contributed by atoms with Crippen LogP contribution in [0.2, 0.25) is 0 Å². The van der Waals surface area contributed by atoms with Gasteiger partial charge in [-0.1, -0.05) is 28.1 Å². The quantitative estimate of drug-likeness (QED) is 0.747. The molecule has 1 aliphatic heterocycles. The first kappa shape index (κ1) is 15.5. The van der Waals surface area contributed by atoms with E-state index in [2.05, 4.69) is 60.4 Å². The van der Waals surface area contributed by atoms with Crippen LogP contribution in [0.25, 0.3) is 11.4 Å². The van der Waals surface area contributed by atoms with Gasteiger partial charge in [0.2, 0.25) is 0 Å². The number of hydrogen-bond donors (Lipinski definition) is 1. The zero-order valence-electron chi connectivity index (χ0n) is 13.1. The summed E-state index contributed by atoms with van der Waals surface area (Å²) in [6.07, 6.45) is 5.32. The van der Waals surface area contributed by atoms with Crippen LogP contribution in [0.4, 0.5) is 0 Å². The smallest absolute Gasteiger partial charge is 0.162 e. The summed E-state index contributed by atoms with van der Waals surface area (Å²) < 4.78 is 6.67. The fourth-order valence-corrected chi connectivity index (χ4v) is 3.53. The van der Waals surface area contributed by atoms with E-state index in [4.69, 9.17) is 4.74 Å². The lowest BCUT2D eigenvalue weighted by Gasteiger charge is -2.35. The molecule has 0 radical (unpaired) electrons. The molecule has 0 saturated carbocycles. The van der Waals surface area contributed by atoms with Crippen LogP contribution < -0.4 is 0 Å². The van der Waals surface area contributed by atoms with Crippen LogP contribution in [0.15, 0.2) is 53.3 Å². The van der Waals surface area contributed by atoms with E-state index in [0.717, 1.165) is 47.7 Å². The first-order valence-electron chi connectivity index (χ1n) is 7.95. The summed E-state index contributed by atoms with van der Waals surface area (Å²) in [4.78, 5) is 7.58. The third-order valence-electron chi connectivity index (χ3n) is 4.62. The fourth-order valence-electron chi connectivity index (χ4n) is 3.26. The minimum Gasteiger partial charge on any atom is -0.381 e. The number of halogens is 1. The molecule has 3 aromatic rings. The van der Waals surface area contributed by atoms with Gasteiger partial charge < -0.3 is 9.72 Å². The van der Waals surface area contributed by atoms with Crippen LogP contribution >= 0.6 is 15.9 Å². The summed E-state index contributed by atoms with van der Waals surface area (Å²) in [5.41, 5.74) is 1.99. The van der Waals surface area contributed by atoms with Gasteiger partial charge in [0.15, 0.2) is 5.82 Å². The summed E-state index contributed by atoms with van der Waals surface area (Å²) in [7, 11) is 0. The Balaban J connectivity index is 1.77. The molecule has 1 N–H and O–H groups in total. The SMILES string of the molecule is Brc1ccc(C2(c3nnc(-c4cccnc4)[nH]3)CCOCC2)cc1. The van der Waals surface area contributed by atoms with E-state index in [1.54, 1.807) is 12.4 Å². The Morgan fingerprint density at radius 1 is 1.04 bits per heavy atom. The standard InChI is InChI=1S/C18H17BrN4O/c19-15-5-3-14(4-6-15)18(7-10-24-11-8-18)17-21-16(22-23-17)13-2-1-9-20-12-13/h1-6,9,12H,7-8,10-11H2,(H,21,22,23). The van der Waals surface area contributed by atoms with E-state index in [0.29, 0.717) is 0 Å². The highest BCUT2D eigenvalue weighted by Gasteiger charge is 2.39. The van der Waals surface area contributed by atoms with Crippen molar-refractivity contribution in [3.63, 3.8) is 0 Å². The number of ether oxygens (including phenoxy) is 1. The number of pyridine rings is 1. The summed E-state index contributed by atoms with van der Waals surface area (Å²) in [5, 5.41) is 8.84. The van der Waals surface area contributed by atoms with Crippen molar-refractivity contribution in [3.8, 4) is 11.4 Å². The van der Waals surface area contributed by atoms with Gasteiger partial charge in [0.05, 0.1) is 5.41 Å². The molecule has 0 unspecified atom stereocenters. The van der Waals surface area contributed by atoms with Gasteiger partial charge >= 0.3 is 0 Å². The molecule has 24 heavy (non-hydrogen) atoms. The summed E-state index contributed by atoms with van der Waals surface area (Å²) in [6, 6.07) is 12.3. The molecule has 6 heteroatoms. The lowest BCUT2D eigenvalue weighted by atomic mass is 9.73. The van der Waals surface area contributed by atoms with Crippen LogP contribution in [0.3, 0.4) is 0 Å². The van der Waals surface area contributed by atoms with E-state index >= 15 is 0 Å². The number of aromatic nitrogens is 4. The molecule has 122 valence electrons. The number of aromatic amines is 1. The molecule has 1 fully saturated rings. The molecule has 0 aliphatic carbocycles. The molecule has 1 saturated heterocycles. The first-order chi connectivity index (χ1) is 11.8. The van der Waals surface area contributed by atoms with E-state index in [9.17, 15) is 0 Å². The Hall–Kier alpha value is -2.05. The number of hydrogen-bond acceptors (Lipinski definition) is 4. The summed E-state index contributed by atoms with van der Waals surface area (Å²) in [6.45, 7) is 1.44. The predicted octanol–water partition coefficient (Wildman–Crippen LogP) is 3.73. The molecule has 3 heterocycles. The molecule has 2 aromatic heterocycles. The van der Waals surface area contributed by atoms with Crippen LogP contribution in [0.5, 0.6) is 0 Å². The third-order valence-corrected chi connectivity index (χ3v) is 5.15. The maximum atomic E-state index is 5.60. The van der Waals surface area contributed by atoms with Gasteiger partial charge in [-0.2, -0.15) is 0 Å². The minimum atomic E-state index is -0.188. The Morgan fingerprint density at radius 3 is 2.54 bits per heavy atom. The Labute approximate surface area is 148 Å². The average molecular weight is 385 g/mol. The third kappa shape index (κ3) is 2.76. The topological polar surface area (TPSA) is 63.7 Å². The molecule has 1 aromatic carbocycles. The van der Waals surface area contributed by atoms with E-state index in [-0.39, 0.29) is 5.41 Å². The monoisotopic (exact) mass is 384 g/mol.